The molecule has 0 unspecified atom stereocenters. The van der Waals surface area contributed by atoms with Crippen LogP contribution >= 0.6 is 87.6 Å². The number of nitrogen functional groups attached to an aromatic ring is 1. The molecule has 0 bridgehead atoms. The largest absolute Gasteiger partial charge is 0.478 e. The molecule has 0 amide bonds. The summed E-state index contributed by atoms with van der Waals surface area (Å²) in [5.41, 5.74) is -1.86. The summed E-state index contributed by atoms with van der Waals surface area (Å²) in [6, 6.07) is 44.6. The van der Waals surface area contributed by atoms with Crippen molar-refractivity contribution in [2.75, 3.05) is 105 Å². The molecule has 3 aliphatic rings. The lowest BCUT2D eigenvalue weighted by Gasteiger charge is -2.32. The monoisotopic (exact) mass is 2020 g/mol. The van der Waals surface area contributed by atoms with Crippen LogP contribution in [-0.4, -0.2) is 170 Å². The Kier molecular flexibility index (Phi) is 43.0. The molecule has 3 aliphatic heterocycles. The minimum Gasteiger partial charge on any atom is -0.478 e. The minimum atomic E-state index is -4.82. The van der Waals surface area contributed by atoms with Gasteiger partial charge in [-0.15, -0.1) is 0 Å². The molecule has 643 valence electrons. The number of carbonyl (C=O) groups is 1. The average Bonchev–Trinajstić information content (AvgIpc) is 0.866. The molecule has 22 nitrogen and oxygen atoms in total. The first kappa shape index (κ1) is 104. The van der Waals surface area contributed by atoms with Gasteiger partial charge in [-0.1, -0.05) is 107 Å². The smallest absolute Gasteiger partial charge is 0.416 e. The zero-order valence-corrected chi connectivity index (χ0v) is 71.2. The third-order valence-electron chi connectivity index (χ3n) is 16.3. The van der Waals surface area contributed by atoms with Crippen LogP contribution in [0, 0.1) is 40.5 Å². The molecular weight excluding hydrogens is 1950 g/mol. The number of aliphatic hydroxyl groups excluding tert-OH is 1. The number of nitrogens with two attached hydrogens (primary N) is 1. The molecule has 5 N–H and O–H groups in total. The lowest BCUT2D eigenvalue weighted by atomic mass is 10.1. The highest BCUT2D eigenvalue weighted by Crippen LogP contribution is 2.41. The topological polar surface area (TPSA) is 284 Å². The zero-order valence-electron chi connectivity index (χ0n) is 62.4. The van der Waals surface area contributed by atoms with E-state index in [0.29, 0.717) is 60.6 Å². The maximum atomic E-state index is 12.8. The van der Waals surface area contributed by atoms with Gasteiger partial charge in [0.1, 0.15) is 0 Å². The number of benzene rings is 8. The van der Waals surface area contributed by atoms with E-state index in [-0.39, 0.29) is 39.1 Å². The van der Waals surface area contributed by atoms with Gasteiger partial charge in [0, 0.05) is 161 Å². The highest BCUT2D eigenvalue weighted by Gasteiger charge is 2.37. The number of non-ortho nitro benzene ring substituents is 4. The number of nitro benzene ring substituents is 4. The van der Waals surface area contributed by atoms with Crippen LogP contribution in [0.25, 0.3) is 0 Å². The van der Waals surface area contributed by atoms with Crippen molar-refractivity contribution in [1.82, 2.24) is 29.8 Å². The normalized spacial score (nSPS) is 14.3. The Hall–Kier alpha value is -7.81. The summed E-state index contributed by atoms with van der Waals surface area (Å²) in [5, 5.41) is 66.5. The van der Waals surface area contributed by atoms with Gasteiger partial charge in [0.2, 0.25) is 0 Å². The zero-order chi connectivity index (χ0) is 88.0. The number of nitrogens with one attached hydrogen (secondary N) is 1. The lowest BCUT2D eigenvalue weighted by Crippen LogP contribution is -2.43. The number of anilines is 1. The Morgan fingerprint density at radius 2 is 0.703 bits per heavy atom. The third-order valence-corrected chi connectivity index (χ3v) is 19.4. The number of nitrogens with zero attached hydrogens (tertiary/aromatic N) is 9. The van der Waals surface area contributed by atoms with Crippen LogP contribution < -0.4 is 27.0 Å². The Bertz CT molecular complexity index is 4300. The summed E-state index contributed by atoms with van der Waals surface area (Å²) < 4.78 is 187. The van der Waals surface area contributed by atoms with Crippen LogP contribution in [0.2, 0.25) is 0 Å². The molecule has 0 saturated carbocycles. The van der Waals surface area contributed by atoms with Crippen LogP contribution in [-0.2, 0) is 55.9 Å². The van der Waals surface area contributed by atoms with Gasteiger partial charge in [0.15, 0.2) is 1.05 Å². The first-order valence-corrected chi connectivity index (χ1v) is 39.7. The van der Waals surface area contributed by atoms with Crippen molar-refractivity contribution in [3.05, 3.63) is 278 Å². The van der Waals surface area contributed by atoms with Crippen LogP contribution in [0.4, 0.5) is 94.3 Å². The predicted octanol–water partition coefficient (Wildman–Crippen LogP) is 18.3. The molecule has 0 spiro atoms. The van der Waals surface area contributed by atoms with Crippen molar-refractivity contribution in [3.63, 3.8) is 0 Å². The van der Waals surface area contributed by atoms with E-state index in [1.165, 1.54) is 41.1 Å². The van der Waals surface area contributed by atoms with Gasteiger partial charge in [-0.2, -0.15) is 65.9 Å². The van der Waals surface area contributed by atoms with E-state index in [4.69, 9.17) is 15.9 Å². The van der Waals surface area contributed by atoms with Gasteiger partial charge in [-0.3, -0.25) is 50.3 Å². The van der Waals surface area contributed by atoms with E-state index in [9.17, 15) is 111 Å². The fraction of sp³-hybridized carbons (Fsp3) is 0.338. The second-order valence-electron chi connectivity index (χ2n) is 25.5. The maximum absolute atomic E-state index is 12.8. The molecule has 11 rings (SSSR count). The van der Waals surface area contributed by atoms with E-state index < -0.39 is 127 Å². The van der Waals surface area contributed by atoms with Gasteiger partial charge >= 0.3 is 36.9 Å². The SMILES string of the molecule is BrC(Br)(Br)Br.CN1CCN(Cc2cc(N)cc(C(F)(F)F)c2)CC1.CN1CCN(Cc2cc([N+](=O)[O-])cc(C(F)(F)F)c2)CC1.CN1CCNCC1.O=C(O)c1cc([N+](=O)[O-])cc(C(F)(F)F)c1.O=[N+]([O-])c1cc(CBr)cc(C(F)(F)F)c1.O=[N+]([O-])c1cc(CO)cc(C(F)(F)F)c1.[B].[HH].c1ccc(P(c2ccccc2)c2ccccc2)cc1. The van der Waals surface area contributed by atoms with E-state index in [1.54, 1.807) is 6.07 Å². The number of likely N-dealkylation sites (N-methyl/N-ethyl adjacent to an activating group) is 3. The van der Waals surface area contributed by atoms with Crippen molar-refractivity contribution in [2.24, 2.45) is 0 Å². The number of hydrogen-bond donors (Lipinski definition) is 4. The van der Waals surface area contributed by atoms with Crippen molar-refractivity contribution in [1.29, 1.82) is 0 Å². The number of hydrogen-bond acceptors (Lipinski definition) is 17. The van der Waals surface area contributed by atoms with E-state index >= 15 is 0 Å². The van der Waals surface area contributed by atoms with E-state index in [2.05, 4.69) is 203 Å². The fourth-order valence-electron chi connectivity index (χ4n) is 10.5. The number of aromatic carboxylic acids is 1. The molecule has 118 heavy (non-hydrogen) atoms. The first-order chi connectivity index (χ1) is 54.3. The molecule has 0 atom stereocenters. The van der Waals surface area contributed by atoms with Crippen molar-refractivity contribution in [3.8, 4) is 0 Å². The van der Waals surface area contributed by atoms with E-state index in [0.717, 1.165) is 95.8 Å². The number of aliphatic hydroxyl groups is 1. The summed E-state index contributed by atoms with van der Waals surface area (Å²) >= 11 is 15.5. The number of piperazine rings is 3. The molecule has 3 heterocycles. The van der Waals surface area contributed by atoms with Gasteiger partial charge < -0.3 is 36.0 Å². The van der Waals surface area contributed by atoms with Gasteiger partial charge in [-0.05, 0) is 173 Å². The molecular formula is C74H78BBr5F15N11O11P. The predicted molar refractivity (Wildman–Crippen MR) is 441 cm³/mol. The second kappa shape index (κ2) is 48.6. The van der Waals surface area contributed by atoms with Crippen LogP contribution in [0.15, 0.2) is 182 Å². The lowest BCUT2D eigenvalue weighted by molar-refractivity contribution is -0.385. The third kappa shape index (κ3) is 39.2. The molecule has 3 fully saturated rings. The standard InChI is InChI=1S/C18H15P.C13H16F3N3O2.C13H18F3N3.C8H5BrF3NO2.C8H4F3NO4.C8H6F3NO3.C5H12N2.CBr4.B.H2/c1-4-10-16(11-5-1)19(17-12-6-2-7-13-17)18-14-8-3-9-15-18;1-17-2-4-18(5-3-17)9-10-6-11(13(14,15)16)8-12(7-10)19(20)21;1-18-2-4-19(5-3-18)9-10-6-11(13(14,15)16)8-12(17)7-10;9-4-5-1-6(8(10,11)12)3-7(2-5)13(14)15;9-8(10,11)5-1-4(7(13)14)2-6(3-5)12(15)16;9-8(10,11)6-1-5(4-13)2-7(3-6)12(14)15;1-7-4-2-6-3-5-7;2-1(3,4)5;;/h1-15H;6-8H,2-5,9H2,1H3;6-8H,2-5,9,17H2,1H3;1-3H,4H2;1-3H,(H,13,14);1-3,13H,4H2;6H,2-5H2,1H3;;;1H. The van der Waals surface area contributed by atoms with E-state index in [1.807, 2.05) is 19.0 Å². The number of rotatable bonds is 14. The number of carboxylic acid groups (broad SMARTS) is 1. The Labute approximate surface area is 714 Å². The molecule has 8 aromatic carbocycles. The van der Waals surface area contributed by atoms with Crippen molar-refractivity contribution >= 4 is 146 Å². The highest BCUT2D eigenvalue weighted by atomic mass is 80.0. The van der Waals surface area contributed by atoms with Gasteiger partial charge in [0.05, 0.1) is 59.7 Å². The molecule has 0 aromatic heterocycles. The first-order valence-electron chi connectivity index (χ1n) is 34.1. The van der Waals surface area contributed by atoms with Crippen LogP contribution in [0.3, 0.4) is 0 Å². The quantitative estimate of drug-likeness (QED) is 0.0150. The molecule has 44 heteroatoms. The summed E-state index contributed by atoms with van der Waals surface area (Å²) in [5.74, 6) is -1.66. The van der Waals surface area contributed by atoms with Gasteiger partial charge in [-0.25, -0.2) is 4.79 Å². The molecule has 3 saturated heterocycles. The molecule has 0 aliphatic carbocycles. The molecule has 8 aromatic rings. The summed E-state index contributed by atoms with van der Waals surface area (Å²) in [6.07, 6.45) is -23.0. The summed E-state index contributed by atoms with van der Waals surface area (Å²) in [7, 11) is 5.73. The fourth-order valence-corrected chi connectivity index (χ4v) is 13.2. The van der Waals surface area contributed by atoms with Crippen LogP contribution in [0.1, 0.15) is 61.9 Å². The van der Waals surface area contributed by atoms with Crippen LogP contribution in [0.5, 0.6) is 0 Å². The summed E-state index contributed by atoms with van der Waals surface area (Å²) in [4.78, 5) is 59.4. The molecule has 3 radical (unpaired) electrons. The number of carboxylic acids is 1. The second-order valence-corrected chi connectivity index (χ2v) is 39.4. The van der Waals surface area contributed by atoms with Crippen molar-refractivity contribution in [2.45, 2.75) is 57.0 Å². The number of halogens is 20. The van der Waals surface area contributed by atoms with Crippen molar-refractivity contribution < 1.29 is 102 Å². The number of nitro groups is 4. The minimum absolute atomic E-state index is 0. The number of alkyl halides is 20. The Morgan fingerprint density at radius 1 is 0.432 bits per heavy atom. The summed E-state index contributed by atoms with van der Waals surface area (Å²) in [6.45, 7) is 11.6. The Balaban J connectivity index is 0.000000470. The Morgan fingerprint density at radius 3 is 0.992 bits per heavy atom. The average molecular weight is 2020 g/mol. The maximum Gasteiger partial charge on any atom is 0.416 e. The highest BCUT2D eigenvalue weighted by molar-refractivity contribution is 9.52. The van der Waals surface area contributed by atoms with Gasteiger partial charge in [0.25, 0.3) is 22.7 Å².